The SMILES string of the molecule is CC(C)c1ccc(CN2CC[C@@H](NS(C)(=O)=O)C2)cc1[N+](=O)[O-]. The molecule has 0 amide bonds. The van der Waals surface area contributed by atoms with Gasteiger partial charge in [-0.25, -0.2) is 13.1 Å². The number of sulfonamides is 1. The molecule has 1 aromatic carbocycles. The molecule has 128 valence electrons. The van der Waals surface area contributed by atoms with Gasteiger partial charge in [0.1, 0.15) is 0 Å². The molecule has 1 heterocycles. The third-order valence-corrected chi connectivity index (χ3v) is 4.73. The summed E-state index contributed by atoms with van der Waals surface area (Å²) in [6, 6.07) is 5.28. The van der Waals surface area contributed by atoms with Crippen LogP contribution in [0.2, 0.25) is 0 Å². The first kappa shape index (κ1) is 17.8. The van der Waals surface area contributed by atoms with Crippen LogP contribution in [0, 0.1) is 10.1 Å². The van der Waals surface area contributed by atoms with Gasteiger partial charge >= 0.3 is 0 Å². The molecule has 1 aromatic rings. The second-order valence-electron chi connectivity index (χ2n) is 6.42. The number of hydrogen-bond donors (Lipinski definition) is 1. The molecule has 1 aliphatic rings. The quantitative estimate of drug-likeness (QED) is 0.629. The predicted molar refractivity (Wildman–Crippen MR) is 88.8 cm³/mol. The number of benzene rings is 1. The Kier molecular flexibility index (Phi) is 5.38. The Labute approximate surface area is 136 Å². The summed E-state index contributed by atoms with van der Waals surface area (Å²) >= 11 is 0. The lowest BCUT2D eigenvalue weighted by molar-refractivity contribution is -0.385. The van der Waals surface area contributed by atoms with Gasteiger partial charge in [0.2, 0.25) is 10.0 Å². The smallest absolute Gasteiger partial charge is 0.273 e. The van der Waals surface area contributed by atoms with Gasteiger partial charge < -0.3 is 0 Å². The average Bonchev–Trinajstić information content (AvgIpc) is 2.83. The summed E-state index contributed by atoms with van der Waals surface area (Å²) < 4.78 is 25.1. The number of nitro benzene ring substituents is 1. The molecule has 0 saturated carbocycles. The van der Waals surface area contributed by atoms with E-state index in [1.165, 1.54) is 0 Å². The number of hydrogen-bond acceptors (Lipinski definition) is 5. The van der Waals surface area contributed by atoms with Crippen molar-refractivity contribution in [3.8, 4) is 0 Å². The van der Waals surface area contributed by atoms with Crippen molar-refractivity contribution in [2.24, 2.45) is 0 Å². The summed E-state index contributed by atoms with van der Waals surface area (Å²) in [5.74, 6) is 0.0968. The van der Waals surface area contributed by atoms with Gasteiger partial charge in [0.15, 0.2) is 0 Å². The first-order valence-corrected chi connectivity index (χ1v) is 9.51. The number of rotatable bonds is 6. The molecule has 8 heteroatoms. The maximum atomic E-state index is 11.3. The first-order chi connectivity index (χ1) is 10.7. The van der Waals surface area contributed by atoms with Crippen LogP contribution in [0.15, 0.2) is 18.2 Å². The van der Waals surface area contributed by atoms with Gasteiger partial charge in [0.05, 0.1) is 11.2 Å². The highest BCUT2D eigenvalue weighted by Crippen LogP contribution is 2.28. The Morgan fingerprint density at radius 1 is 1.43 bits per heavy atom. The molecule has 0 spiro atoms. The van der Waals surface area contributed by atoms with Crippen LogP contribution in [0.1, 0.15) is 37.3 Å². The normalized spacial score (nSPS) is 19.4. The van der Waals surface area contributed by atoms with Crippen molar-refractivity contribution >= 4 is 15.7 Å². The fraction of sp³-hybridized carbons (Fsp3) is 0.600. The molecule has 1 saturated heterocycles. The minimum Gasteiger partial charge on any atom is -0.297 e. The number of nitro groups is 1. The second-order valence-corrected chi connectivity index (χ2v) is 8.20. The third kappa shape index (κ3) is 4.98. The zero-order valence-corrected chi connectivity index (χ0v) is 14.5. The minimum absolute atomic E-state index is 0.0880. The van der Waals surface area contributed by atoms with E-state index in [4.69, 9.17) is 0 Å². The van der Waals surface area contributed by atoms with Crippen molar-refractivity contribution in [3.63, 3.8) is 0 Å². The van der Waals surface area contributed by atoms with Crippen LogP contribution in [0.5, 0.6) is 0 Å². The molecule has 7 nitrogen and oxygen atoms in total. The highest BCUT2D eigenvalue weighted by molar-refractivity contribution is 7.88. The maximum absolute atomic E-state index is 11.3. The minimum atomic E-state index is -3.20. The van der Waals surface area contributed by atoms with Crippen LogP contribution in [0.3, 0.4) is 0 Å². The summed E-state index contributed by atoms with van der Waals surface area (Å²) in [5, 5.41) is 11.2. The van der Waals surface area contributed by atoms with Gasteiger partial charge in [-0.3, -0.25) is 15.0 Å². The van der Waals surface area contributed by atoms with E-state index in [2.05, 4.69) is 9.62 Å². The zero-order chi connectivity index (χ0) is 17.2. The molecule has 23 heavy (non-hydrogen) atoms. The first-order valence-electron chi connectivity index (χ1n) is 7.62. The molecule has 0 bridgehead atoms. The third-order valence-electron chi connectivity index (χ3n) is 3.97. The van der Waals surface area contributed by atoms with E-state index in [-0.39, 0.29) is 22.6 Å². The Balaban J connectivity index is 2.07. The molecule has 1 fully saturated rings. The fourth-order valence-corrected chi connectivity index (χ4v) is 3.77. The molecule has 1 aliphatic heterocycles. The Morgan fingerprint density at radius 3 is 2.70 bits per heavy atom. The Morgan fingerprint density at radius 2 is 2.13 bits per heavy atom. The summed E-state index contributed by atoms with van der Waals surface area (Å²) in [6.07, 6.45) is 1.91. The molecular weight excluding hydrogens is 318 g/mol. The summed E-state index contributed by atoms with van der Waals surface area (Å²) in [7, 11) is -3.20. The van der Waals surface area contributed by atoms with Crippen LogP contribution in [0.4, 0.5) is 5.69 Å². The molecule has 0 aliphatic carbocycles. The monoisotopic (exact) mass is 341 g/mol. The highest BCUT2D eigenvalue weighted by atomic mass is 32.2. The van der Waals surface area contributed by atoms with E-state index in [9.17, 15) is 18.5 Å². The molecule has 1 atom stereocenters. The molecule has 1 N–H and O–H groups in total. The lowest BCUT2D eigenvalue weighted by Gasteiger charge is -2.17. The van der Waals surface area contributed by atoms with E-state index in [1.807, 2.05) is 26.0 Å². The summed E-state index contributed by atoms with van der Waals surface area (Å²) in [4.78, 5) is 13.0. The molecule has 0 radical (unpaired) electrons. The van der Waals surface area contributed by atoms with Gasteiger partial charge in [-0.2, -0.15) is 0 Å². The van der Waals surface area contributed by atoms with E-state index in [1.54, 1.807) is 6.07 Å². The lowest BCUT2D eigenvalue weighted by atomic mass is 9.99. The molecule has 0 unspecified atom stereocenters. The van der Waals surface area contributed by atoms with Crippen LogP contribution in [0.25, 0.3) is 0 Å². The van der Waals surface area contributed by atoms with E-state index >= 15 is 0 Å². The average molecular weight is 341 g/mol. The fourth-order valence-electron chi connectivity index (χ4n) is 2.97. The van der Waals surface area contributed by atoms with Crippen LogP contribution >= 0.6 is 0 Å². The Hall–Kier alpha value is -1.51. The standard InChI is InChI=1S/C15H23N3O4S/c1-11(2)14-5-4-12(8-15(14)18(19)20)9-17-7-6-13(10-17)16-23(3,21)22/h4-5,8,11,13,16H,6-7,9-10H2,1-3H3/t13-/m1/s1. The lowest BCUT2D eigenvalue weighted by Crippen LogP contribution is -2.36. The van der Waals surface area contributed by atoms with Crippen molar-refractivity contribution in [1.82, 2.24) is 9.62 Å². The van der Waals surface area contributed by atoms with Gasteiger partial charge in [0.25, 0.3) is 5.69 Å². The van der Waals surface area contributed by atoms with Crippen LogP contribution in [-0.2, 0) is 16.6 Å². The van der Waals surface area contributed by atoms with E-state index < -0.39 is 10.0 Å². The highest BCUT2D eigenvalue weighted by Gasteiger charge is 2.25. The zero-order valence-electron chi connectivity index (χ0n) is 13.7. The topological polar surface area (TPSA) is 92.6 Å². The van der Waals surface area contributed by atoms with E-state index in [0.29, 0.717) is 13.1 Å². The van der Waals surface area contributed by atoms with Crippen LogP contribution < -0.4 is 4.72 Å². The number of likely N-dealkylation sites (tertiary alicyclic amines) is 1. The molecule has 2 rings (SSSR count). The van der Waals surface area contributed by atoms with Crippen molar-refractivity contribution < 1.29 is 13.3 Å². The van der Waals surface area contributed by atoms with Crippen LogP contribution in [-0.4, -0.2) is 43.6 Å². The van der Waals surface area contributed by atoms with Crippen molar-refractivity contribution in [1.29, 1.82) is 0 Å². The van der Waals surface area contributed by atoms with Gasteiger partial charge in [-0.15, -0.1) is 0 Å². The van der Waals surface area contributed by atoms with E-state index in [0.717, 1.165) is 30.3 Å². The van der Waals surface area contributed by atoms with Gasteiger partial charge in [-0.1, -0.05) is 26.0 Å². The number of nitrogens with one attached hydrogen (secondary N) is 1. The van der Waals surface area contributed by atoms with Gasteiger partial charge in [0, 0.05) is 37.3 Å². The van der Waals surface area contributed by atoms with Crippen molar-refractivity contribution in [2.75, 3.05) is 19.3 Å². The Bertz CT molecular complexity index is 688. The predicted octanol–water partition coefficient (Wildman–Crippen LogP) is 1.84. The van der Waals surface area contributed by atoms with Gasteiger partial charge in [-0.05, 0) is 17.9 Å². The second kappa shape index (κ2) is 6.94. The summed E-state index contributed by atoms with van der Waals surface area (Å²) in [6.45, 7) is 5.84. The van der Waals surface area contributed by atoms with Crippen molar-refractivity contribution in [2.45, 2.75) is 38.8 Å². The number of nitrogens with zero attached hydrogens (tertiary/aromatic N) is 2. The largest absolute Gasteiger partial charge is 0.297 e. The molecular formula is C15H23N3O4S. The molecule has 0 aromatic heterocycles. The summed E-state index contributed by atoms with van der Waals surface area (Å²) in [5.41, 5.74) is 1.76. The maximum Gasteiger partial charge on any atom is 0.273 e. The van der Waals surface area contributed by atoms with Crippen molar-refractivity contribution in [3.05, 3.63) is 39.4 Å².